The molecule has 4 radical (unpaired) electrons. The van der Waals surface area contributed by atoms with Gasteiger partial charge in [0.05, 0.1) is 37.8 Å². The van der Waals surface area contributed by atoms with Gasteiger partial charge >= 0.3 is 0 Å². The van der Waals surface area contributed by atoms with Crippen LogP contribution in [0.1, 0.15) is 49.9 Å². The molecule has 0 amide bonds. The number of pyridine rings is 8. The van der Waals surface area contributed by atoms with Crippen molar-refractivity contribution in [2.75, 3.05) is 0 Å². The summed E-state index contributed by atoms with van der Waals surface area (Å²) in [4.78, 5) is 36.2. The van der Waals surface area contributed by atoms with Gasteiger partial charge in [0, 0.05) is 124 Å². The Morgan fingerprint density at radius 1 is 0.243 bits per heavy atom. The molecule has 0 N–H and O–H groups in total. The van der Waals surface area contributed by atoms with Gasteiger partial charge in [-0.1, -0.05) is 262 Å². The predicted octanol–water partition coefficient (Wildman–Crippen LogP) is 29.5. The summed E-state index contributed by atoms with van der Waals surface area (Å²) in [7, 11) is -5.30. The van der Waals surface area contributed by atoms with E-state index in [2.05, 4.69) is 331 Å². The Hall–Kier alpha value is -11.4. The van der Waals surface area contributed by atoms with Crippen LogP contribution in [0.15, 0.2) is 389 Å². The summed E-state index contributed by atoms with van der Waals surface area (Å²) in [6, 6.07) is 141. The van der Waals surface area contributed by atoms with Crippen LogP contribution < -0.4 is 20.7 Å². The molecule has 11 aromatic carbocycles. The average Bonchev–Trinajstić information content (AvgIpc) is 0.780. The van der Waals surface area contributed by atoms with Crippen molar-refractivity contribution in [1.29, 1.82) is 0 Å². The average molecular weight is 2610 g/mol. The fourth-order valence-corrected chi connectivity index (χ4v) is 22.3. The summed E-state index contributed by atoms with van der Waals surface area (Å²) >= 11 is 0. The first-order chi connectivity index (χ1) is 65.5. The van der Waals surface area contributed by atoms with Crippen molar-refractivity contribution in [2.45, 2.75) is 133 Å². The van der Waals surface area contributed by atoms with E-state index in [1.165, 1.54) is 70.3 Å². The number of para-hydroxylation sites is 1. The van der Waals surface area contributed by atoms with Gasteiger partial charge in [-0.15, -0.1) is 287 Å². The minimum Gasteiger partial charge on any atom is -0.305 e. The summed E-state index contributed by atoms with van der Waals surface area (Å²) in [6.45, 7) is 42.0. The first-order valence-electron chi connectivity index (χ1n) is 46.8. The fourth-order valence-electron chi connectivity index (χ4n) is 15.7. The second-order valence-electron chi connectivity index (χ2n) is 38.4. The van der Waals surface area contributed by atoms with Crippen LogP contribution >= 0.6 is 0 Å². The monoisotopic (exact) mass is 2610 g/mol. The van der Waals surface area contributed by atoms with Crippen molar-refractivity contribution in [3.05, 3.63) is 460 Å². The molecule has 720 valence electrons. The van der Waals surface area contributed by atoms with E-state index in [-0.39, 0.29) is 80.4 Å². The van der Waals surface area contributed by atoms with Crippen molar-refractivity contribution in [2.24, 2.45) is 11.8 Å². The maximum Gasteiger partial charge on any atom is 0.0798 e. The van der Waals surface area contributed by atoms with Gasteiger partial charge in [0.1, 0.15) is 0 Å². The standard InChI is InChI=1S/C24H28NSi.C18H24NSi.2C15H18NSi.2C15H10N.2C11H8N.4Ir/c1-18(2)14-22-16-23(25-17-24(22)26(3,4)5)21-13-9-12-20(15-21)19-10-7-6-8-11-19;1-14(2)11-16-12-17(15-9-7-6-8-10-15)19-13-18(16)20(3,4)5;2*1-12-10-14(13-8-6-5-7-9-13)16-11-15(12)17(2,3)4;1-2-7-13(8-3-1)15-14-9-5-4-6-12(14)10-11-16-15;1-2-6-12(7-3-1)15-11-10-13-8-4-5-9-14(13)16-15;2*1-2-6-10(7-3-1)11-8-4-5-9-12-11;;;;/h6-12,15-18H,14H2,1-5H3;6-9,12-14H,11H2,1-5H3;2*5-8,10-11H,1-4H3;1-7,9-11H;1-6,8-11H;2*1-6,8-9H;;;;/q8*-1;;;;. The molecule has 0 spiro atoms. The van der Waals surface area contributed by atoms with E-state index in [9.17, 15) is 0 Å². The van der Waals surface area contributed by atoms with E-state index in [1.54, 1.807) is 12.4 Å². The van der Waals surface area contributed by atoms with Gasteiger partial charge < -0.3 is 34.9 Å². The SMILES string of the molecule is CC(C)Cc1cc(-c2[c-]ccc(-c3ccccc3)c2)ncc1[Si](C)(C)C.CC(C)Cc1cc(-c2[c-]cccc2)ncc1[Si](C)(C)C.Cc1cc(-c2[c-]cccc2)ncc1[Si](C)(C)C.Cc1cc(-c2[c-]cccc2)ncc1[Si](C)(C)C.[Ir].[Ir].[Ir].[Ir].[c-]1ccccc1-c1ccc2ccccc2n1.[c-]1ccccc1-c1ccccn1.[c-]1ccccc1-c1ccccn1.[c-]1ccccc1-c1nccc2ccccc12. The number of aromatic nitrogens is 8. The van der Waals surface area contributed by atoms with Crippen molar-refractivity contribution in [3.8, 4) is 101 Å². The van der Waals surface area contributed by atoms with Crippen LogP contribution in [0.5, 0.6) is 0 Å². The van der Waals surface area contributed by atoms with E-state index >= 15 is 0 Å². The van der Waals surface area contributed by atoms with Gasteiger partial charge in [-0.05, 0) is 151 Å². The van der Waals surface area contributed by atoms with Gasteiger partial charge in [-0.2, -0.15) is 0 Å². The van der Waals surface area contributed by atoms with Crippen molar-refractivity contribution < 1.29 is 80.4 Å². The summed E-state index contributed by atoms with van der Waals surface area (Å²) in [5.74, 6) is 1.31. The summed E-state index contributed by atoms with van der Waals surface area (Å²) in [5.41, 5.74) is 25.6. The van der Waals surface area contributed by atoms with Crippen LogP contribution in [-0.4, -0.2) is 72.2 Å². The second-order valence-corrected chi connectivity index (χ2v) is 58.6. The zero-order chi connectivity index (χ0) is 96.5. The molecule has 0 saturated carbocycles. The van der Waals surface area contributed by atoms with Crippen LogP contribution in [0, 0.1) is 74.2 Å². The first kappa shape index (κ1) is 114. The Labute approximate surface area is 892 Å². The number of aryl methyl sites for hydroxylation is 2. The molecule has 8 nitrogen and oxygen atoms in total. The molecule has 0 aliphatic carbocycles. The maximum atomic E-state index is 4.82. The molecule has 0 unspecified atom stereocenters. The third-order valence-electron chi connectivity index (χ3n) is 22.4. The van der Waals surface area contributed by atoms with Crippen LogP contribution in [0.3, 0.4) is 0 Å². The van der Waals surface area contributed by atoms with Crippen LogP contribution in [-0.2, 0) is 93.3 Å². The van der Waals surface area contributed by atoms with E-state index in [0.717, 1.165) is 108 Å². The Balaban J connectivity index is 0.000000197. The van der Waals surface area contributed by atoms with Gasteiger partial charge in [-0.3, -0.25) is 4.98 Å². The second kappa shape index (κ2) is 56.3. The van der Waals surface area contributed by atoms with Crippen molar-refractivity contribution >= 4 is 74.7 Å². The molecule has 0 fully saturated rings. The summed E-state index contributed by atoms with van der Waals surface area (Å²) in [5, 5.41) is 9.41. The third kappa shape index (κ3) is 34.8. The molecule has 0 atom stereocenters. The van der Waals surface area contributed by atoms with Gasteiger partial charge in [0.25, 0.3) is 0 Å². The molecule has 8 aromatic heterocycles. The maximum absolute atomic E-state index is 4.82. The zero-order valence-corrected chi connectivity index (χ0v) is 97.0. The quantitative estimate of drug-likeness (QED) is 0.0656. The van der Waals surface area contributed by atoms with Gasteiger partial charge in [0.2, 0.25) is 0 Å². The number of benzene rings is 11. The fraction of sp³-hybridized carbons (Fsp3) is 0.177. The number of hydrogen-bond acceptors (Lipinski definition) is 8. The molecule has 16 heteroatoms. The summed E-state index contributed by atoms with van der Waals surface area (Å²) < 4.78 is 0. The molecular weight excluding hydrogens is 2480 g/mol. The molecule has 0 saturated heterocycles. The number of nitrogens with zero attached hydrogens (tertiary/aromatic N) is 8. The van der Waals surface area contributed by atoms with Crippen LogP contribution in [0.4, 0.5) is 0 Å². The van der Waals surface area contributed by atoms with E-state index in [0.29, 0.717) is 11.8 Å². The number of hydrogen-bond donors (Lipinski definition) is 0. The normalized spacial score (nSPS) is 10.7. The number of rotatable bonds is 17. The van der Waals surface area contributed by atoms with Crippen molar-refractivity contribution in [1.82, 2.24) is 39.9 Å². The minimum absolute atomic E-state index is 0. The smallest absolute Gasteiger partial charge is 0.0798 e. The molecule has 0 bridgehead atoms. The van der Waals surface area contributed by atoms with E-state index < -0.39 is 32.3 Å². The molecule has 0 aliphatic rings. The Morgan fingerprint density at radius 2 is 0.579 bits per heavy atom. The third-order valence-corrected chi connectivity index (χ3v) is 30.8. The molecule has 19 aromatic rings. The van der Waals surface area contributed by atoms with Gasteiger partial charge in [0.15, 0.2) is 0 Å². The minimum atomic E-state index is -1.40. The number of fused-ring (bicyclic) bond motifs is 2. The van der Waals surface area contributed by atoms with Crippen LogP contribution in [0.2, 0.25) is 78.6 Å². The zero-order valence-electron chi connectivity index (χ0n) is 83.4. The van der Waals surface area contributed by atoms with Gasteiger partial charge in [-0.25, -0.2) is 0 Å². The largest absolute Gasteiger partial charge is 0.305 e. The Morgan fingerprint density at radius 3 is 0.957 bits per heavy atom. The van der Waals surface area contributed by atoms with Crippen molar-refractivity contribution in [3.63, 3.8) is 0 Å². The molecular formula is C124H124Ir4N8Si4-8. The summed E-state index contributed by atoms with van der Waals surface area (Å²) in [6.07, 6.45) is 16.0. The molecule has 19 rings (SSSR count). The van der Waals surface area contributed by atoms with E-state index in [1.807, 2.05) is 249 Å². The topological polar surface area (TPSA) is 103 Å². The Bertz CT molecular complexity index is 6620. The molecule has 140 heavy (non-hydrogen) atoms. The molecule has 0 aliphatic heterocycles. The van der Waals surface area contributed by atoms with Crippen LogP contribution in [0.25, 0.3) is 123 Å². The van der Waals surface area contributed by atoms with E-state index in [4.69, 9.17) is 4.98 Å². The predicted molar refractivity (Wildman–Crippen MR) is 587 cm³/mol. The first-order valence-corrected chi connectivity index (χ1v) is 60.8. The molecule has 8 heterocycles. The Kier molecular flexibility index (Phi) is 45.8.